The highest BCUT2D eigenvalue weighted by molar-refractivity contribution is 5.46. The van der Waals surface area contributed by atoms with E-state index in [-0.39, 0.29) is 5.54 Å². The average Bonchev–Trinajstić information content (AvgIpc) is 2.56. The number of nitriles is 1. The highest BCUT2D eigenvalue weighted by atomic mass is 15.3. The van der Waals surface area contributed by atoms with E-state index >= 15 is 0 Å². The van der Waals surface area contributed by atoms with Crippen molar-refractivity contribution in [1.82, 2.24) is 10.2 Å². The molecule has 0 aliphatic carbocycles. The maximum atomic E-state index is 9.15. The smallest absolute Gasteiger partial charge is 0.103 e. The predicted octanol–water partition coefficient (Wildman–Crippen LogP) is 2.09. The third-order valence-corrected chi connectivity index (χ3v) is 4.44. The topological polar surface area (TPSA) is 42.3 Å². The molecular weight excluding hydrogens is 260 g/mol. The van der Waals surface area contributed by atoms with Gasteiger partial charge >= 0.3 is 0 Å². The SMILES string of the molecule is CNC(C)(C#N)CCCN1CCN(c2ccccc2)CC1. The maximum absolute atomic E-state index is 9.15. The highest BCUT2D eigenvalue weighted by Gasteiger charge is 2.22. The van der Waals surface area contributed by atoms with Crippen molar-refractivity contribution in [1.29, 1.82) is 5.26 Å². The largest absolute Gasteiger partial charge is 0.369 e. The van der Waals surface area contributed by atoms with Crippen LogP contribution in [0.15, 0.2) is 30.3 Å². The van der Waals surface area contributed by atoms with E-state index in [4.69, 9.17) is 5.26 Å². The van der Waals surface area contributed by atoms with Gasteiger partial charge in [-0.15, -0.1) is 0 Å². The summed E-state index contributed by atoms with van der Waals surface area (Å²) < 4.78 is 0. The summed E-state index contributed by atoms with van der Waals surface area (Å²) in [6, 6.07) is 13.0. The lowest BCUT2D eigenvalue weighted by molar-refractivity contribution is 0.245. The molecular formula is C17H26N4. The van der Waals surface area contributed by atoms with E-state index in [1.54, 1.807) is 0 Å². The number of piperazine rings is 1. The molecule has 1 aliphatic heterocycles. The lowest BCUT2D eigenvalue weighted by Crippen LogP contribution is -2.47. The number of nitrogens with zero attached hydrogens (tertiary/aromatic N) is 3. The van der Waals surface area contributed by atoms with Gasteiger partial charge in [-0.25, -0.2) is 0 Å². The Morgan fingerprint density at radius 2 is 1.86 bits per heavy atom. The van der Waals surface area contributed by atoms with E-state index in [2.05, 4.69) is 51.5 Å². The van der Waals surface area contributed by atoms with Crippen LogP contribution in [0.2, 0.25) is 0 Å². The molecule has 1 heterocycles. The van der Waals surface area contributed by atoms with Crippen molar-refractivity contribution in [2.24, 2.45) is 0 Å². The summed E-state index contributed by atoms with van der Waals surface area (Å²) >= 11 is 0. The summed E-state index contributed by atoms with van der Waals surface area (Å²) in [6.45, 7) is 7.45. The summed E-state index contributed by atoms with van der Waals surface area (Å²) in [6.07, 6.45) is 1.97. The van der Waals surface area contributed by atoms with Gasteiger partial charge in [0.05, 0.1) is 6.07 Å². The number of hydrogen-bond acceptors (Lipinski definition) is 4. The van der Waals surface area contributed by atoms with E-state index in [1.165, 1.54) is 5.69 Å². The zero-order valence-electron chi connectivity index (χ0n) is 13.2. The highest BCUT2D eigenvalue weighted by Crippen LogP contribution is 2.16. The number of hydrogen-bond donors (Lipinski definition) is 1. The monoisotopic (exact) mass is 286 g/mol. The molecule has 1 unspecified atom stereocenters. The molecule has 0 radical (unpaired) electrons. The minimum Gasteiger partial charge on any atom is -0.369 e. The number of anilines is 1. The third kappa shape index (κ3) is 4.45. The Hall–Kier alpha value is -1.57. The van der Waals surface area contributed by atoms with Crippen molar-refractivity contribution >= 4 is 5.69 Å². The third-order valence-electron chi connectivity index (χ3n) is 4.44. The van der Waals surface area contributed by atoms with E-state index in [0.29, 0.717) is 0 Å². The molecule has 1 fully saturated rings. The van der Waals surface area contributed by atoms with Gasteiger partial charge in [0.2, 0.25) is 0 Å². The van der Waals surface area contributed by atoms with E-state index < -0.39 is 0 Å². The molecule has 1 aromatic carbocycles. The molecule has 2 rings (SSSR count). The first-order chi connectivity index (χ1) is 10.2. The van der Waals surface area contributed by atoms with Gasteiger partial charge < -0.3 is 10.2 Å². The van der Waals surface area contributed by atoms with E-state index in [1.807, 2.05) is 14.0 Å². The summed E-state index contributed by atoms with van der Waals surface area (Å²) in [5, 5.41) is 12.3. The Kier molecular flexibility index (Phi) is 5.60. The molecule has 0 amide bonds. The lowest BCUT2D eigenvalue weighted by atomic mass is 9.98. The first-order valence-electron chi connectivity index (χ1n) is 7.79. The summed E-state index contributed by atoms with van der Waals surface area (Å²) in [5.74, 6) is 0. The molecule has 0 saturated carbocycles. The molecule has 1 atom stereocenters. The standard InChI is InChI=1S/C17H26N4/c1-17(15-18,19-2)9-6-10-20-11-13-21(14-12-20)16-7-4-3-5-8-16/h3-5,7-8,19H,6,9-14H2,1-2H3. The van der Waals surface area contributed by atoms with Gasteiger partial charge in [-0.3, -0.25) is 4.90 Å². The first-order valence-corrected chi connectivity index (χ1v) is 7.79. The molecule has 21 heavy (non-hydrogen) atoms. The second kappa shape index (κ2) is 7.44. The molecule has 0 aromatic heterocycles. The first kappa shape index (κ1) is 15.8. The maximum Gasteiger partial charge on any atom is 0.103 e. The zero-order chi connectivity index (χ0) is 15.1. The molecule has 0 bridgehead atoms. The normalized spacial score (nSPS) is 19.0. The van der Waals surface area contributed by atoms with Crippen LogP contribution in [-0.2, 0) is 0 Å². The van der Waals surface area contributed by atoms with Crippen molar-refractivity contribution in [3.8, 4) is 6.07 Å². The van der Waals surface area contributed by atoms with Crippen LogP contribution in [-0.4, -0.2) is 50.2 Å². The second-order valence-electron chi connectivity index (χ2n) is 5.96. The fraction of sp³-hybridized carbons (Fsp3) is 0.588. The quantitative estimate of drug-likeness (QED) is 0.869. The van der Waals surface area contributed by atoms with E-state index in [9.17, 15) is 0 Å². The van der Waals surface area contributed by atoms with Gasteiger partial charge in [-0.05, 0) is 45.5 Å². The van der Waals surface area contributed by atoms with Gasteiger partial charge in [0.25, 0.3) is 0 Å². The Morgan fingerprint density at radius 3 is 2.43 bits per heavy atom. The van der Waals surface area contributed by atoms with Crippen molar-refractivity contribution in [3.63, 3.8) is 0 Å². The van der Waals surface area contributed by atoms with E-state index in [0.717, 1.165) is 45.6 Å². The van der Waals surface area contributed by atoms with Crippen LogP contribution < -0.4 is 10.2 Å². The van der Waals surface area contributed by atoms with Gasteiger partial charge in [-0.1, -0.05) is 18.2 Å². The van der Waals surface area contributed by atoms with Crippen molar-refractivity contribution < 1.29 is 0 Å². The second-order valence-corrected chi connectivity index (χ2v) is 5.96. The molecule has 4 heteroatoms. The Morgan fingerprint density at radius 1 is 1.19 bits per heavy atom. The molecule has 1 aliphatic rings. The van der Waals surface area contributed by atoms with Gasteiger partial charge in [-0.2, -0.15) is 5.26 Å². The fourth-order valence-electron chi connectivity index (χ4n) is 2.76. The summed E-state index contributed by atoms with van der Waals surface area (Å²) in [5.41, 5.74) is 0.940. The van der Waals surface area contributed by atoms with Crippen LogP contribution in [0.1, 0.15) is 19.8 Å². The number of benzene rings is 1. The van der Waals surface area contributed by atoms with Crippen LogP contribution in [0.3, 0.4) is 0 Å². The van der Waals surface area contributed by atoms with Crippen LogP contribution in [0.5, 0.6) is 0 Å². The van der Waals surface area contributed by atoms with Gasteiger partial charge in [0, 0.05) is 31.9 Å². The summed E-state index contributed by atoms with van der Waals surface area (Å²) in [4.78, 5) is 4.95. The van der Waals surface area contributed by atoms with Crippen LogP contribution >= 0.6 is 0 Å². The Balaban J connectivity index is 1.72. The molecule has 1 saturated heterocycles. The lowest BCUT2D eigenvalue weighted by Gasteiger charge is -2.36. The van der Waals surface area contributed by atoms with Gasteiger partial charge in [0.15, 0.2) is 0 Å². The molecule has 1 aromatic rings. The number of para-hydroxylation sites is 1. The minimum absolute atomic E-state index is 0.383. The van der Waals surface area contributed by atoms with Crippen molar-refractivity contribution in [3.05, 3.63) is 30.3 Å². The van der Waals surface area contributed by atoms with Gasteiger partial charge in [0.1, 0.15) is 5.54 Å². The van der Waals surface area contributed by atoms with Crippen LogP contribution in [0.4, 0.5) is 5.69 Å². The minimum atomic E-state index is -0.383. The molecule has 4 nitrogen and oxygen atoms in total. The Labute approximate surface area is 128 Å². The van der Waals surface area contributed by atoms with Crippen LogP contribution in [0, 0.1) is 11.3 Å². The molecule has 114 valence electrons. The number of rotatable bonds is 6. The predicted molar refractivity (Wildman–Crippen MR) is 87.4 cm³/mol. The summed E-state index contributed by atoms with van der Waals surface area (Å²) in [7, 11) is 1.86. The average molecular weight is 286 g/mol. The van der Waals surface area contributed by atoms with Crippen molar-refractivity contribution in [2.45, 2.75) is 25.3 Å². The molecule has 1 N–H and O–H groups in total. The zero-order valence-corrected chi connectivity index (χ0v) is 13.2. The fourth-order valence-corrected chi connectivity index (χ4v) is 2.76. The number of nitrogens with one attached hydrogen (secondary N) is 1. The Bertz CT molecular complexity index is 459. The van der Waals surface area contributed by atoms with Crippen LogP contribution in [0.25, 0.3) is 0 Å². The molecule has 0 spiro atoms. The van der Waals surface area contributed by atoms with Crippen molar-refractivity contribution in [2.75, 3.05) is 44.7 Å².